The molecule has 4 heterocycles. The Kier molecular flexibility index (Phi) is 9.66. The molecule has 17 heteroatoms. The highest BCUT2D eigenvalue weighted by Crippen LogP contribution is 2.55. The van der Waals surface area contributed by atoms with Crippen molar-refractivity contribution >= 4 is 57.5 Å². The highest BCUT2D eigenvalue weighted by Gasteiger charge is 2.57. The van der Waals surface area contributed by atoms with E-state index < -0.39 is 70.2 Å². The van der Waals surface area contributed by atoms with Crippen LogP contribution in [0.1, 0.15) is 67.2 Å². The molecule has 2 saturated heterocycles. The summed E-state index contributed by atoms with van der Waals surface area (Å²) in [7, 11) is -8.21. The second-order valence-electron chi connectivity index (χ2n) is 13.8. The average molecular weight is 721 g/mol. The van der Waals surface area contributed by atoms with Crippen LogP contribution in [0.2, 0.25) is 10.3 Å². The van der Waals surface area contributed by atoms with Gasteiger partial charge in [0.2, 0.25) is 5.28 Å². The van der Waals surface area contributed by atoms with Crippen molar-refractivity contribution in [1.82, 2.24) is 19.7 Å². The molecule has 4 atom stereocenters. The highest BCUT2D eigenvalue weighted by molar-refractivity contribution is 7.97. The molecule has 1 N–H and O–H groups in total. The fraction of sp³-hybridized carbons (Fsp3) is 0.621. The van der Waals surface area contributed by atoms with E-state index >= 15 is 0 Å². The lowest BCUT2D eigenvalue weighted by Crippen LogP contribution is -2.36. The molecule has 0 unspecified atom stereocenters. The van der Waals surface area contributed by atoms with Crippen molar-refractivity contribution < 1.29 is 36.2 Å². The smallest absolute Gasteiger partial charge is 0.346 e. The molecular weight excluding hydrogens is 680 g/mol. The Morgan fingerprint density at radius 2 is 1.65 bits per heavy atom. The summed E-state index contributed by atoms with van der Waals surface area (Å²) in [5.74, 6) is -1.15. The fourth-order valence-corrected chi connectivity index (χ4v) is 11.1. The maximum Gasteiger partial charge on any atom is 0.346 e. The Balaban J connectivity index is 1.42. The molecular formula is C29H40Cl2N5O8PS. The van der Waals surface area contributed by atoms with Crippen LogP contribution in [0.25, 0.3) is 11.0 Å². The number of benzene rings is 1. The SMILES string of the molecule is CC(C)(C)OP(=O)(CS(=O)(=O)C[C@H]1O[C@@H](n2ncc3c(NCc4ccccc4Cl)nc(Cl)nc32)[C@@H]2OC(C)(C)O[C@@H]21)OC(C)(C)C. The summed E-state index contributed by atoms with van der Waals surface area (Å²) < 4.78 is 72.7. The van der Waals surface area contributed by atoms with Gasteiger partial charge in [-0.2, -0.15) is 15.1 Å². The normalized spacial score (nSPS) is 23.6. The molecule has 0 radical (unpaired) electrons. The third-order valence-electron chi connectivity index (χ3n) is 6.80. The number of hydrogen-bond acceptors (Lipinski definition) is 12. The summed E-state index contributed by atoms with van der Waals surface area (Å²) in [4.78, 5) is 8.75. The van der Waals surface area contributed by atoms with Crippen molar-refractivity contribution in [3.8, 4) is 0 Å². The van der Waals surface area contributed by atoms with Crippen LogP contribution in [0.5, 0.6) is 0 Å². The molecule has 254 valence electrons. The Morgan fingerprint density at radius 1 is 1.02 bits per heavy atom. The van der Waals surface area contributed by atoms with Gasteiger partial charge in [-0.3, -0.25) is 4.57 Å². The van der Waals surface area contributed by atoms with Gasteiger partial charge in [-0.1, -0.05) is 29.8 Å². The maximum absolute atomic E-state index is 13.8. The number of halogens is 2. The second-order valence-corrected chi connectivity index (χ2v) is 19.0. The van der Waals surface area contributed by atoms with E-state index in [0.717, 1.165) is 5.56 Å². The first-order valence-electron chi connectivity index (χ1n) is 14.7. The molecule has 46 heavy (non-hydrogen) atoms. The average Bonchev–Trinajstić information content (AvgIpc) is 3.51. The summed E-state index contributed by atoms with van der Waals surface area (Å²) in [6.45, 7) is 13.9. The van der Waals surface area contributed by atoms with Crippen LogP contribution in [-0.4, -0.2) is 74.7 Å². The van der Waals surface area contributed by atoms with E-state index in [9.17, 15) is 13.0 Å². The van der Waals surface area contributed by atoms with Gasteiger partial charge in [-0.15, -0.1) is 0 Å². The Labute approximate surface area is 279 Å². The summed E-state index contributed by atoms with van der Waals surface area (Å²) >= 11 is 12.7. The maximum atomic E-state index is 13.8. The highest BCUT2D eigenvalue weighted by atomic mass is 35.5. The van der Waals surface area contributed by atoms with Crippen LogP contribution in [0.15, 0.2) is 30.5 Å². The van der Waals surface area contributed by atoms with E-state index in [1.165, 1.54) is 4.68 Å². The summed E-state index contributed by atoms with van der Waals surface area (Å²) in [5, 5.41) is 8.87. The minimum absolute atomic E-state index is 0.0399. The van der Waals surface area contributed by atoms with Crippen molar-refractivity contribution in [2.75, 3.05) is 16.6 Å². The first kappa shape index (κ1) is 35.4. The zero-order valence-electron chi connectivity index (χ0n) is 27.0. The van der Waals surface area contributed by atoms with Gasteiger partial charge in [0, 0.05) is 11.6 Å². The minimum atomic E-state index is -4.11. The van der Waals surface area contributed by atoms with Crippen LogP contribution in [-0.2, 0) is 44.2 Å². The number of nitrogens with zero attached hydrogens (tertiary/aromatic N) is 4. The van der Waals surface area contributed by atoms with Crippen molar-refractivity contribution in [3.05, 3.63) is 46.3 Å². The van der Waals surface area contributed by atoms with Gasteiger partial charge < -0.3 is 28.6 Å². The van der Waals surface area contributed by atoms with Gasteiger partial charge in [-0.05, 0) is 78.6 Å². The van der Waals surface area contributed by atoms with E-state index in [2.05, 4.69) is 20.4 Å². The molecule has 0 saturated carbocycles. The quantitative estimate of drug-likeness (QED) is 0.183. The van der Waals surface area contributed by atoms with Crippen LogP contribution < -0.4 is 5.32 Å². The topological polar surface area (TPSA) is 153 Å². The van der Waals surface area contributed by atoms with Gasteiger partial charge in [-0.25, -0.2) is 13.1 Å². The van der Waals surface area contributed by atoms with Gasteiger partial charge in [0.1, 0.15) is 24.1 Å². The Morgan fingerprint density at radius 3 is 2.28 bits per heavy atom. The molecule has 3 aromatic rings. The van der Waals surface area contributed by atoms with Crippen molar-refractivity contribution in [2.45, 2.75) is 103 Å². The van der Waals surface area contributed by atoms with Crippen LogP contribution >= 0.6 is 30.8 Å². The summed E-state index contributed by atoms with van der Waals surface area (Å²) in [6.07, 6.45) is -1.93. The van der Waals surface area contributed by atoms with E-state index in [-0.39, 0.29) is 5.28 Å². The van der Waals surface area contributed by atoms with E-state index in [0.29, 0.717) is 28.4 Å². The molecule has 0 spiro atoms. The molecule has 2 fully saturated rings. The van der Waals surface area contributed by atoms with Crippen LogP contribution in [0.3, 0.4) is 0 Å². The van der Waals surface area contributed by atoms with Crippen molar-refractivity contribution in [1.29, 1.82) is 0 Å². The molecule has 5 rings (SSSR count). The number of fused-ring (bicyclic) bond motifs is 2. The Bertz CT molecular complexity index is 1740. The first-order chi connectivity index (χ1) is 21.1. The lowest BCUT2D eigenvalue weighted by molar-refractivity contribution is -0.195. The summed E-state index contributed by atoms with van der Waals surface area (Å²) in [6, 6.07) is 7.41. The van der Waals surface area contributed by atoms with Crippen LogP contribution in [0.4, 0.5) is 5.82 Å². The minimum Gasteiger partial charge on any atom is -0.365 e. The predicted molar refractivity (Wildman–Crippen MR) is 175 cm³/mol. The molecule has 1 aromatic carbocycles. The van der Waals surface area contributed by atoms with Crippen molar-refractivity contribution in [2.24, 2.45) is 0 Å². The molecule has 0 aliphatic carbocycles. The largest absolute Gasteiger partial charge is 0.365 e. The van der Waals surface area contributed by atoms with E-state index in [1.807, 2.05) is 18.2 Å². The fourth-order valence-electron chi connectivity index (χ4n) is 5.48. The zero-order valence-corrected chi connectivity index (χ0v) is 30.2. The molecule has 2 aliphatic heterocycles. The van der Waals surface area contributed by atoms with Gasteiger partial charge >= 0.3 is 7.60 Å². The predicted octanol–water partition coefficient (Wildman–Crippen LogP) is 6.36. The Hall–Kier alpha value is -1.87. The molecule has 0 bridgehead atoms. The third kappa shape index (κ3) is 8.40. The third-order valence-corrected chi connectivity index (χ3v) is 12.7. The lowest BCUT2D eigenvalue weighted by Gasteiger charge is -2.32. The number of hydrogen-bond donors (Lipinski definition) is 1. The standard InChI is InChI=1S/C29H40Cl2N5O8PS/c1-27(2,3)43-45(37,44-28(4,5)6)16-46(38,39)15-20-21-22(42-29(7,8)41-21)25(40-20)36-24-18(14-33-36)23(34-26(31)35-24)32-13-17-11-9-10-12-19(17)30/h9-12,14,20-22,25H,13,15-16H2,1-8H3,(H,32,34,35)/t20-,21-,22-,25-/m1/s1. The number of aromatic nitrogens is 4. The lowest BCUT2D eigenvalue weighted by atomic mass is 10.1. The number of ether oxygens (including phenoxy) is 3. The van der Waals surface area contributed by atoms with Gasteiger partial charge in [0.05, 0.1) is 28.5 Å². The number of sulfone groups is 1. The zero-order chi connectivity index (χ0) is 33.9. The van der Waals surface area contributed by atoms with E-state index in [1.54, 1.807) is 67.7 Å². The monoisotopic (exact) mass is 719 g/mol. The van der Waals surface area contributed by atoms with Gasteiger partial charge in [0.15, 0.2) is 33.0 Å². The molecule has 2 aromatic heterocycles. The molecule has 2 aliphatic rings. The van der Waals surface area contributed by atoms with Gasteiger partial charge in [0.25, 0.3) is 0 Å². The first-order valence-corrected chi connectivity index (χ1v) is 19.0. The number of nitrogens with one attached hydrogen (secondary N) is 1. The molecule has 13 nitrogen and oxygen atoms in total. The summed E-state index contributed by atoms with van der Waals surface area (Å²) in [5.41, 5.74) is -1.49. The number of rotatable bonds is 10. The van der Waals surface area contributed by atoms with Crippen molar-refractivity contribution in [3.63, 3.8) is 0 Å². The van der Waals surface area contributed by atoms with E-state index in [4.69, 9.17) is 46.5 Å². The number of anilines is 1. The van der Waals surface area contributed by atoms with Crippen LogP contribution in [0, 0.1) is 0 Å². The molecule has 0 amide bonds. The second kappa shape index (κ2) is 12.5.